The number of methoxy groups -OCH3 is 4. The molecular weight excluding hydrogens is 769 g/mol. The number of hydrogen-bond donors (Lipinski definition) is 0. The van der Waals surface area contributed by atoms with Gasteiger partial charge in [-0.3, -0.25) is 0 Å². The first-order valence-electron chi connectivity index (χ1n) is 20.6. The summed E-state index contributed by atoms with van der Waals surface area (Å²) in [7, 11) is 6.85. The highest BCUT2D eigenvalue weighted by molar-refractivity contribution is 6.36. The maximum absolute atomic E-state index is 7.16. The zero-order valence-corrected chi connectivity index (χ0v) is 34.5. The third kappa shape index (κ3) is 4.80. The number of ether oxygens (including phenoxy) is 4. The first-order valence-corrected chi connectivity index (χ1v) is 20.6. The second-order valence-electron chi connectivity index (χ2n) is 15.6. The molecule has 0 aliphatic heterocycles. The lowest BCUT2D eigenvalue weighted by molar-refractivity contribution is 0.403. The van der Waals surface area contributed by atoms with Crippen molar-refractivity contribution in [2.75, 3.05) is 28.4 Å². The van der Waals surface area contributed by atoms with E-state index in [0.717, 1.165) is 98.0 Å². The van der Waals surface area contributed by atoms with Crippen LogP contribution in [0.5, 0.6) is 23.0 Å². The Morgan fingerprint density at radius 1 is 0.258 bits per heavy atom. The molecule has 0 fully saturated rings. The molecule has 12 rings (SSSR count). The van der Waals surface area contributed by atoms with Crippen LogP contribution in [-0.4, -0.2) is 28.4 Å². The average molecular weight is 807 g/mol. The summed E-state index contributed by atoms with van der Waals surface area (Å²) in [6.45, 7) is 0. The molecular formula is C56H38O6. The molecule has 0 unspecified atom stereocenters. The predicted octanol–water partition coefficient (Wildman–Crippen LogP) is 15.1. The van der Waals surface area contributed by atoms with E-state index in [1.165, 1.54) is 0 Å². The first-order chi connectivity index (χ1) is 30.7. The van der Waals surface area contributed by atoms with Crippen molar-refractivity contribution in [3.63, 3.8) is 0 Å². The molecule has 0 N–H and O–H groups in total. The molecule has 0 spiro atoms. The molecule has 0 aliphatic carbocycles. The van der Waals surface area contributed by atoms with E-state index in [1.807, 2.05) is 36.4 Å². The van der Waals surface area contributed by atoms with Crippen molar-refractivity contribution < 1.29 is 27.8 Å². The summed E-state index contributed by atoms with van der Waals surface area (Å²) in [4.78, 5) is 0. The number of benzene rings is 10. The van der Waals surface area contributed by atoms with Crippen molar-refractivity contribution in [3.8, 4) is 56.4 Å². The third-order valence-electron chi connectivity index (χ3n) is 12.6. The number of rotatable bonds is 7. The highest BCUT2D eigenvalue weighted by Gasteiger charge is 2.32. The van der Waals surface area contributed by atoms with Gasteiger partial charge in [0.2, 0.25) is 0 Å². The monoisotopic (exact) mass is 806 g/mol. The lowest BCUT2D eigenvalue weighted by Crippen LogP contribution is -1.96. The molecule has 62 heavy (non-hydrogen) atoms. The Bertz CT molecular complexity index is 3540. The van der Waals surface area contributed by atoms with E-state index in [0.29, 0.717) is 45.3 Å². The predicted molar refractivity (Wildman–Crippen MR) is 254 cm³/mol. The van der Waals surface area contributed by atoms with Crippen molar-refractivity contribution in [2.45, 2.75) is 0 Å². The minimum absolute atomic E-state index is 0.579. The molecule has 0 amide bonds. The highest BCUT2D eigenvalue weighted by atomic mass is 16.5. The Morgan fingerprint density at radius 2 is 0.484 bits per heavy atom. The van der Waals surface area contributed by atoms with E-state index in [9.17, 15) is 0 Å². The Kier molecular flexibility index (Phi) is 8.00. The fraction of sp³-hybridized carbons (Fsp3) is 0.0714. The molecule has 6 nitrogen and oxygen atoms in total. The van der Waals surface area contributed by atoms with Gasteiger partial charge in [0, 0.05) is 43.8 Å². The van der Waals surface area contributed by atoms with Crippen LogP contribution in [0.1, 0.15) is 0 Å². The van der Waals surface area contributed by atoms with Crippen LogP contribution in [0.15, 0.2) is 167 Å². The van der Waals surface area contributed by atoms with Gasteiger partial charge in [0.1, 0.15) is 0 Å². The maximum atomic E-state index is 7.16. The van der Waals surface area contributed by atoms with E-state index in [2.05, 4.69) is 121 Å². The summed E-state index contributed by atoms with van der Waals surface area (Å²) in [5.74, 6) is 2.49. The molecule has 2 heterocycles. The molecule has 0 radical (unpaired) electrons. The van der Waals surface area contributed by atoms with E-state index in [4.69, 9.17) is 27.8 Å². The lowest BCUT2D eigenvalue weighted by Gasteiger charge is -2.19. The highest BCUT2D eigenvalue weighted by Crippen LogP contribution is 2.58. The summed E-state index contributed by atoms with van der Waals surface area (Å²) >= 11 is 0. The van der Waals surface area contributed by atoms with Crippen molar-refractivity contribution in [1.29, 1.82) is 0 Å². The molecule has 2 aromatic heterocycles. The minimum atomic E-state index is 0.579. The van der Waals surface area contributed by atoms with Crippen LogP contribution >= 0.6 is 0 Å². The van der Waals surface area contributed by atoms with E-state index < -0.39 is 0 Å². The van der Waals surface area contributed by atoms with Crippen LogP contribution in [0.3, 0.4) is 0 Å². The molecule has 0 bridgehead atoms. The van der Waals surface area contributed by atoms with Gasteiger partial charge in [0.05, 0.1) is 28.4 Å². The topological polar surface area (TPSA) is 63.2 Å². The lowest BCUT2D eigenvalue weighted by atomic mass is 9.87. The Morgan fingerprint density at radius 3 is 0.758 bits per heavy atom. The maximum Gasteiger partial charge on any atom is 0.178 e. The largest absolute Gasteiger partial charge is 0.492 e. The van der Waals surface area contributed by atoms with E-state index >= 15 is 0 Å². The van der Waals surface area contributed by atoms with Gasteiger partial charge in [0.15, 0.2) is 45.3 Å². The smallest absolute Gasteiger partial charge is 0.178 e. The summed E-state index contributed by atoms with van der Waals surface area (Å²) in [6, 6.07) is 54.6. The minimum Gasteiger partial charge on any atom is -0.492 e. The normalized spacial score (nSPS) is 11.9. The summed E-state index contributed by atoms with van der Waals surface area (Å²) in [6.07, 6.45) is 0. The fourth-order valence-corrected chi connectivity index (χ4v) is 10.2. The van der Waals surface area contributed by atoms with Crippen molar-refractivity contribution in [1.82, 2.24) is 0 Å². The Balaban J connectivity index is 1.27. The molecule has 0 saturated carbocycles. The van der Waals surface area contributed by atoms with Crippen molar-refractivity contribution in [2.24, 2.45) is 0 Å². The fourth-order valence-electron chi connectivity index (χ4n) is 10.2. The second-order valence-corrected chi connectivity index (χ2v) is 15.6. The quantitative estimate of drug-likeness (QED) is 0.160. The third-order valence-corrected chi connectivity index (χ3v) is 12.6. The summed E-state index contributed by atoms with van der Waals surface area (Å²) in [5.41, 5.74) is 8.21. The van der Waals surface area contributed by atoms with Gasteiger partial charge in [-0.25, -0.2) is 0 Å². The van der Waals surface area contributed by atoms with Crippen molar-refractivity contribution >= 4 is 87.0 Å². The van der Waals surface area contributed by atoms with Gasteiger partial charge in [-0.1, -0.05) is 158 Å². The van der Waals surface area contributed by atoms with E-state index in [1.54, 1.807) is 28.4 Å². The Labute approximate surface area is 356 Å². The van der Waals surface area contributed by atoms with Crippen LogP contribution in [0, 0.1) is 0 Å². The number of fused-ring (bicyclic) bond motifs is 14. The molecule has 0 saturated heterocycles. The van der Waals surface area contributed by atoms with Crippen molar-refractivity contribution in [3.05, 3.63) is 158 Å². The van der Waals surface area contributed by atoms with Crippen LogP contribution < -0.4 is 18.9 Å². The first kappa shape index (κ1) is 35.9. The average Bonchev–Trinajstić information content (AvgIpc) is 3.94. The molecule has 10 aromatic carbocycles. The molecule has 6 heteroatoms. The molecule has 0 atom stereocenters. The van der Waals surface area contributed by atoms with Gasteiger partial charge in [-0.05, 0) is 54.2 Å². The van der Waals surface area contributed by atoms with Crippen LogP contribution in [0.4, 0.5) is 0 Å². The summed E-state index contributed by atoms with van der Waals surface area (Å²) in [5, 5.41) is 12.0. The SMILES string of the molecule is COc1c(-c2ccccc2)c2ccccc2c2c1oc1c(OC)c(-c3c(OC)c4oc5c(OC)c(-c6ccccc6)c6ccccc6c5c4c4ccccc34)c3ccccc3c12. The number of furan rings is 2. The number of hydrogen-bond acceptors (Lipinski definition) is 6. The standard InChI is InChI=1S/C56H38O6/c1-57-49-41(31-19-7-5-8-20-31)33-23-11-13-25-35(33)45-47-39-29-17-15-27-37(39)43(51(59-3)55(47)61-53(45)49)44-38-28-16-18-30-40(38)48-46-36-26-14-12-24-34(36)42(32-21-9-6-10-22-32)50(58-2)54(46)62-56(48)52(44)60-4/h5-30H,1-4H3. The van der Waals surface area contributed by atoms with Gasteiger partial charge in [-0.15, -0.1) is 0 Å². The molecule has 298 valence electrons. The summed E-state index contributed by atoms with van der Waals surface area (Å²) < 4.78 is 40.2. The second kappa shape index (κ2) is 13.8. The van der Waals surface area contributed by atoms with Gasteiger partial charge in [0.25, 0.3) is 0 Å². The van der Waals surface area contributed by atoms with Crippen LogP contribution in [-0.2, 0) is 0 Å². The zero-order valence-electron chi connectivity index (χ0n) is 34.5. The van der Waals surface area contributed by atoms with Gasteiger partial charge >= 0.3 is 0 Å². The zero-order chi connectivity index (χ0) is 41.6. The molecule has 12 aromatic rings. The van der Waals surface area contributed by atoms with Crippen LogP contribution in [0.2, 0.25) is 0 Å². The van der Waals surface area contributed by atoms with Crippen LogP contribution in [0.25, 0.3) is 120 Å². The van der Waals surface area contributed by atoms with Gasteiger partial charge < -0.3 is 27.8 Å². The Hall–Kier alpha value is -7.96. The van der Waals surface area contributed by atoms with E-state index in [-0.39, 0.29) is 0 Å². The van der Waals surface area contributed by atoms with Gasteiger partial charge in [-0.2, -0.15) is 0 Å². The molecule has 0 aliphatic rings.